The predicted octanol–water partition coefficient (Wildman–Crippen LogP) is 0.518. The molecule has 0 atom stereocenters. The van der Waals surface area contributed by atoms with Gasteiger partial charge in [0.2, 0.25) is 5.91 Å². The minimum atomic E-state index is 0.0943. The molecule has 1 amide bonds. The minimum absolute atomic E-state index is 0.0943. The van der Waals surface area contributed by atoms with Crippen LogP contribution in [0.1, 0.15) is 13.3 Å². The van der Waals surface area contributed by atoms with E-state index in [0.29, 0.717) is 19.8 Å². The molecular weight excluding hydrogens is 170 g/mol. The molecule has 0 rings (SSSR count). The van der Waals surface area contributed by atoms with Crippen LogP contribution in [0.5, 0.6) is 0 Å². The van der Waals surface area contributed by atoms with Gasteiger partial charge in [0.1, 0.15) is 0 Å². The zero-order chi connectivity index (χ0) is 10.1. The summed E-state index contributed by atoms with van der Waals surface area (Å²) in [5.74, 6) is 0.0943. The fraction of sp³-hybridized carbons (Fsp3) is 0.889. The first kappa shape index (κ1) is 12.4. The molecule has 4 nitrogen and oxygen atoms in total. The van der Waals surface area contributed by atoms with Gasteiger partial charge < -0.3 is 14.4 Å². The molecule has 0 aromatic rings. The van der Waals surface area contributed by atoms with Gasteiger partial charge in [-0.05, 0) is 6.42 Å². The Kier molecular flexibility index (Phi) is 7.63. The molecule has 0 saturated carbocycles. The molecule has 78 valence electrons. The molecule has 0 radical (unpaired) electrons. The van der Waals surface area contributed by atoms with Crippen molar-refractivity contribution in [3.8, 4) is 0 Å². The van der Waals surface area contributed by atoms with Gasteiger partial charge in [-0.25, -0.2) is 0 Å². The van der Waals surface area contributed by atoms with E-state index in [1.54, 1.807) is 26.0 Å². The van der Waals surface area contributed by atoms with Crippen molar-refractivity contribution in [3.63, 3.8) is 0 Å². The second kappa shape index (κ2) is 8.01. The van der Waals surface area contributed by atoms with Crippen molar-refractivity contribution in [2.24, 2.45) is 0 Å². The normalized spacial score (nSPS) is 10.1. The molecule has 0 saturated heterocycles. The third-order valence-electron chi connectivity index (χ3n) is 1.75. The summed E-state index contributed by atoms with van der Waals surface area (Å²) in [6.07, 6.45) is 0.875. The van der Waals surface area contributed by atoms with Gasteiger partial charge in [0, 0.05) is 34.2 Å². The molecule has 0 aliphatic carbocycles. The number of methoxy groups -OCH3 is 1. The maximum Gasteiger partial charge on any atom is 0.219 e. The molecule has 0 heterocycles. The van der Waals surface area contributed by atoms with Crippen LogP contribution in [-0.4, -0.2) is 51.3 Å². The van der Waals surface area contributed by atoms with Crippen molar-refractivity contribution in [1.29, 1.82) is 0 Å². The van der Waals surface area contributed by atoms with Gasteiger partial charge in [-0.1, -0.05) is 0 Å². The maximum absolute atomic E-state index is 10.8. The SMILES string of the molecule is COCCOCCCN(C)C(C)=O. The van der Waals surface area contributed by atoms with E-state index in [9.17, 15) is 4.79 Å². The summed E-state index contributed by atoms with van der Waals surface area (Å²) in [5.41, 5.74) is 0. The van der Waals surface area contributed by atoms with Gasteiger partial charge in [0.05, 0.1) is 13.2 Å². The van der Waals surface area contributed by atoms with E-state index in [2.05, 4.69) is 0 Å². The third kappa shape index (κ3) is 7.74. The topological polar surface area (TPSA) is 38.8 Å². The molecule has 0 aromatic carbocycles. The van der Waals surface area contributed by atoms with E-state index in [4.69, 9.17) is 9.47 Å². The summed E-state index contributed by atoms with van der Waals surface area (Å²) < 4.78 is 10.1. The molecule has 0 N–H and O–H groups in total. The molecule has 0 aliphatic heterocycles. The van der Waals surface area contributed by atoms with E-state index in [-0.39, 0.29) is 5.91 Å². The standard InChI is InChI=1S/C9H19NO3/c1-9(11)10(2)5-4-6-13-8-7-12-3/h4-8H2,1-3H3. The average Bonchev–Trinajstić information content (AvgIpc) is 2.10. The lowest BCUT2D eigenvalue weighted by atomic mass is 10.4. The predicted molar refractivity (Wildman–Crippen MR) is 50.6 cm³/mol. The van der Waals surface area contributed by atoms with Crippen LogP contribution in [0.15, 0.2) is 0 Å². The second-order valence-electron chi connectivity index (χ2n) is 2.90. The van der Waals surface area contributed by atoms with E-state index in [0.717, 1.165) is 13.0 Å². The van der Waals surface area contributed by atoms with Gasteiger partial charge in [-0.3, -0.25) is 4.79 Å². The van der Waals surface area contributed by atoms with Crippen molar-refractivity contribution in [3.05, 3.63) is 0 Å². The summed E-state index contributed by atoms with van der Waals surface area (Å²) in [7, 11) is 3.43. The molecule has 0 bridgehead atoms. The first-order valence-electron chi connectivity index (χ1n) is 4.47. The highest BCUT2D eigenvalue weighted by molar-refractivity contribution is 5.72. The van der Waals surface area contributed by atoms with Crippen LogP contribution in [0.2, 0.25) is 0 Å². The Labute approximate surface area is 79.8 Å². The summed E-state index contributed by atoms with van der Waals surface area (Å²) >= 11 is 0. The number of hydrogen-bond acceptors (Lipinski definition) is 3. The van der Waals surface area contributed by atoms with Gasteiger partial charge in [0.15, 0.2) is 0 Å². The summed E-state index contributed by atoms with van der Waals surface area (Å²) in [6, 6.07) is 0. The first-order valence-corrected chi connectivity index (χ1v) is 4.47. The van der Waals surface area contributed by atoms with E-state index in [1.807, 2.05) is 0 Å². The minimum Gasteiger partial charge on any atom is -0.382 e. The molecule has 0 spiro atoms. The number of ether oxygens (including phenoxy) is 2. The Morgan fingerprint density at radius 3 is 2.54 bits per heavy atom. The quantitative estimate of drug-likeness (QED) is 0.548. The molecular formula is C9H19NO3. The lowest BCUT2D eigenvalue weighted by molar-refractivity contribution is -0.127. The number of carbonyl (C=O) groups is 1. The zero-order valence-corrected chi connectivity index (χ0v) is 8.71. The smallest absolute Gasteiger partial charge is 0.219 e. The first-order chi connectivity index (χ1) is 6.18. The van der Waals surface area contributed by atoms with Gasteiger partial charge in [-0.15, -0.1) is 0 Å². The lowest BCUT2D eigenvalue weighted by Crippen LogP contribution is -2.25. The van der Waals surface area contributed by atoms with Gasteiger partial charge in [-0.2, -0.15) is 0 Å². The van der Waals surface area contributed by atoms with Crippen molar-refractivity contribution in [2.45, 2.75) is 13.3 Å². The van der Waals surface area contributed by atoms with Gasteiger partial charge >= 0.3 is 0 Å². The molecule has 4 heteroatoms. The number of hydrogen-bond donors (Lipinski definition) is 0. The number of carbonyl (C=O) groups excluding carboxylic acids is 1. The largest absolute Gasteiger partial charge is 0.382 e. The van der Waals surface area contributed by atoms with E-state index in [1.165, 1.54) is 0 Å². The van der Waals surface area contributed by atoms with Crippen molar-refractivity contribution < 1.29 is 14.3 Å². The number of nitrogens with zero attached hydrogens (tertiary/aromatic N) is 1. The monoisotopic (exact) mass is 189 g/mol. The average molecular weight is 189 g/mol. The third-order valence-corrected chi connectivity index (χ3v) is 1.75. The molecule has 13 heavy (non-hydrogen) atoms. The van der Waals surface area contributed by atoms with Crippen LogP contribution in [0, 0.1) is 0 Å². The Morgan fingerprint density at radius 1 is 1.31 bits per heavy atom. The van der Waals surface area contributed by atoms with Crippen LogP contribution >= 0.6 is 0 Å². The van der Waals surface area contributed by atoms with Crippen LogP contribution in [-0.2, 0) is 14.3 Å². The zero-order valence-electron chi connectivity index (χ0n) is 8.71. The highest BCUT2D eigenvalue weighted by Gasteiger charge is 2.00. The number of amides is 1. The highest BCUT2D eigenvalue weighted by atomic mass is 16.5. The van der Waals surface area contributed by atoms with E-state index >= 15 is 0 Å². The van der Waals surface area contributed by atoms with Crippen LogP contribution in [0.3, 0.4) is 0 Å². The molecule has 0 aliphatic rings. The maximum atomic E-state index is 10.8. The Hall–Kier alpha value is -0.610. The summed E-state index contributed by atoms with van der Waals surface area (Å²) in [5, 5.41) is 0. The Balaban J connectivity index is 3.11. The Bertz CT molecular complexity index is 139. The van der Waals surface area contributed by atoms with Crippen molar-refractivity contribution in [2.75, 3.05) is 40.5 Å². The van der Waals surface area contributed by atoms with Gasteiger partial charge in [0.25, 0.3) is 0 Å². The number of rotatable bonds is 7. The van der Waals surface area contributed by atoms with Crippen LogP contribution in [0.4, 0.5) is 0 Å². The Morgan fingerprint density at radius 2 is 2.00 bits per heavy atom. The van der Waals surface area contributed by atoms with Crippen molar-refractivity contribution >= 4 is 5.91 Å². The van der Waals surface area contributed by atoms with Crippen LogP contribution in [0.25, 0.3) is 0 Å². The molecule has 0 aromatic heterocycles. The lowest BCUT2D eigenvalue weighted by Gasteiger charge is -2.14. The fourth-order valence-electron chi connectivity index (χ4n) is 0.806. The highest BCUT2D eigenvalue weighted by Crippen LogP contribution is 1.89. The summed E-state index contributed by atoms with van der Waals surface area (Å²) in [4.78, 5) is 12.5. The molecule has 0 unspecified atom stereocenters. The van der Waals surface area contributed by atoms with Crippen molar-refractivity contribution in [1.82, 2.24) is 4.90 Å². The van der Waals surface area contributed by atoms with Crippen LogP contribution < -0.4 is 0 Å². The van der Waals surface area contributed by atoms with E-state index < -0.39 is 0 Å². The molecule has 0 fully saturated rings. The second-order valence-corrected chi connectivity index (χ2v) is 2.90. The fourth-order valence-corrected chi connectivity index (χ4v) is 0.806. The summed E-state index contributed by atoms with van der Waals surface area (Å²) in [6.45, 7) is 4.25.